The lowest BCUT2D eigenvalue weighted by molar-refractivity contribution is 0.919. The van der Waals surface area contributed by atoms with Crippen LogP contribution in [0.3, 0.4) is 0 Å². The van der Waals surface area contributed by atoms with E-state index in [9.17, 15) is 0 Å². The zero-order valence-electron chi connectivity index (χ0n) is 9.64. The summed E-state index contributed by atoms with van der Waals surface area (Å²) in [5.41, 5.74) is 2.05. The first-order valence-electron chi connectivity index (χ1n) is 5.50. The van der Waals surface area contributed by atoms with Crippen LogP contribution in [-0.2, 0) is 6.42 Å². The van der Waals surface area contributed by atoms with Crippen LogP contribution in [0.25, 0.3) is 0 Å². The molecule has 1 unspecified atom stereocenters. The second-order valence-corrected chi connectivity index (χ2v) is 6.70. The number of rotatable bonds is 3. The molecular weight excluding hydrogens is 390 g/mol. The van der Waals surface area contributed by atoms with Gasteiger partial charge >= 0.3 is 0 Å². The van der Waals surface area contributed by atoms with Gasteiger partial charge in [-0.15, -0.1) is 11.6 Å². The molecule has 0 radical (unpaired) electrons. The topological polar surface area (TPSA) is 0 Å². The minimum Gasteiger partial charge on any atom is -0.117 e. The maximum atomic E-state index is 6.42. The molecular formula is C14H9BrCl4. The summed E-state index contributed by atoms with van der Waals surface area (Å²) in [5, 5.41) is 1.61. The fraction of sp³-hybridized carbons (Fsp3) is 0.143. The smallest absolute Gasteiger partial charge is 0.0625 e. The van der Waals surface area contributed by atoms with E-state index in [1.54, 1.807) is 6.07 Å². The molecule has 0 spiro atoms. The molecule has 0 N–H and O–H groups in total. The molecule has 0 fully saturated rings. The maximum absolute atomic E-state index is 6.42. The van der Waals surface area contributed by atoms with Crippen LogP contribution in [0, 0.1) is 0 Å². The summed E-state index contributed by atoms with van der Waals surface area (Å²) in [7, 11) is 0. The van der Waals surface area contributed by atoms with Gasteiger partial charge in [-0.05, 0) is 57.7 Å². The van der Waals surface area contributed by atoms with E-state index in [0.29, 0.717) is 21.5 Å². The normalized spacial score (nSPS) is 12.5. The molecule has 0 aromatic heterocycles. The van der Waals surface area contributed by atoms with Crippen LogP contribution in [0.4, 0.5) is 0 Å². The Hall–Kier alpha value is 0.0800. The monoisotopic (exact) mass is 396 g/mol. The molecule has 0 saturated heterocycles. The van der Waals surface area contributed by atoms with Crippen molar-refractivity contribution in [3.63, 3.8) is 0 Å². The largest absolute Gasteiger partial charge is 0.117 e. The van der Waals surface area contributed by atoms with E-state index in [1.165, 1.54) is 0 Å². The Bertz CT molecular complexity index is 598. The first-order chi connectivity index (χ1) is 8.97. The van der Waals surface area contributed by atoms with Crippen molar-refractivity contribution < 1.29 is 0 Å². The van der Waals surface area contributed by atoms with Gasteiger partial charge in [0.15, 0.2) is 0 Å². The van der Waals surface area contributed by atoms with Crippen molar-refractivity contribution in [1.29, 1.82) is 0 Å². The van der Waals surface area contributed by atoms with Crippen molar-refractivity contribution in [3.8, 4) is 0 Å². The third kappa shape index (κ3) is 4.03. The molecule has 0 heterocycles. The van der Waals surface area contributed by atoms with Gasteiger partial charge in [0, 0.05) is 4.47 Å². The van der Waals surface area contributed by atoms with Crippen molar-refractivity contribution >= 4 is 62.3 Å². The zero-order chi connectivity index (χ0) is 14.0. The molecule has 2 rings (SSSR count). The lowest BCUT2D eigenvalue weighted by Crippen LogP contribution is -1.96. The predicted molar refractivity (Wildman–Crippen MR) is 87.9 cm³/mol. The second-order valence-electron chi connectivity index (χ2n) is 4.09. The van der Waals surface area contributed by atoms with Gasteiger partial charge in [0.05, 0.1) is 20.4 Å². The molecule has 0 aliphatic carbocycles. The van der Waals surface area contributed by atoms with Crippen LogP contribution in [-0.4, -0.2) is 0 Å². The minimum atomic E-state index is -0.147. The molecule has 100 valence electrons. The van der Waals surface area contributed by atoms with Gasteiger partial charge in [0.1, 0.15) is 0 Å². The second kappa shape index (κ2) is 6.69. The third-order valence-corrected chi connectivity index (χ3v) is 5.06. The average Bonchev–Trinajstić information content (AvgIpc) is 2.37. The standard InChI is InChI=1S/C14H9BrCl4/c15-10-7-9(2-4-11(10)16)13(18)5-8-1-3-12(17)14(19)6-8/h1-4,6-7,13H,5H2. The van der Waals surface area contributed by atoms with Gasteiger partial charge in [-0.2, -0.15) is 0 Å². The molecule has 5 heteroatoms. The van der Waals surface area contributed by atoms with E-state index >= 15 is 0 Å². The summed E-state index contributed by atoms with van der Waals surface area (Å²) in [5.74, 6) is 0. The highest BCUT2D eigenvalue weighted by Gasteiger charge is 2.11. The lowest BCUT2D eigenvalue weighted by atomic mass is 10.0. The summed E-state index contributed by atoms with van der Waals surface area (Å²) in [6.45, 7) is 0. The Morgan fingerprint density at radius 3 is 2.21 bits per heavy atom. The van der Waals surface area contributed by atoms with Crippen molar-refractivity contribution in [3.05, 3.63) is 67.1 Å². The molecule has 0 bridgehead atoms. The molecule has 1 atom stereocenters. The van der Waals surface area contributed by atoms with Crippen LogP contribution in [0.15, 0.2) is 40.9 Å². The number of hydrogen-bond acceptors (Lipinski definition) is 0. The molecule has 0 saturated carbocycles. The van der Waals surface area contributed by atoms with Crippen molar-refractivity contribution in [2.75, 3.05) is 0 Å². The molecule has 0 aliphatic heterocycles. The van der Waals surface area contributed by atoms with Gasteiger partial charge in [0.2, 0.25) is 0 Å². The van der Waals surface area contributed by atoms with Crippen LogP contribution >= 0.6 is 62.3 Å². The molecule has 0 amide bonds. The van der Waals surface area contributed by atoms with E-state index in [2.05, 4.69) is 15.9 Å². The van der Waals surface area contributed by atoms with Crippen LogP contribution in [0.2, 0.25) is 15.1 Å². The Labute approximate surface area is 140 Å². The van der Waals surface area contributed by atoms with E-state index in [4.69, 9.17) is 46.4 Å². The van der Waals surface area contributed by atoms with Crippen LogP contribution in [0.5, 0.6) is 0 Å². The van der Waals surface area contributed by atoms with Gasteiger partial charge in [-0.25, -0.2) is 0 Å². The Balaban J connectivity index is 2.17. The quantitative estimate of drug-likeness (QED) is 0.491. The van der Waals surface area contributed by atoms with Crippen molar-refractivity contribution in [2.24, 2.45) is 0 Å². The molecule has 2 aromatic rings. The number of alkyl halides is 1. The minimum absolute atomic E-state index is 0.147. The van der Waals surface area contributed by atoms with E-state index < -0.39 is 0 Å². The third-order valence-electron chi connectivity index (χ3n) is 2.70. The lowest BCUT2D eigenvalue weighted by Gasteiger charge is -2.11. The summed E-state index contributed by atoms with van der Waals surface area (Å²) in [4.78, 5) is 0. The number of hydrogen-bond donors (Lipinski definition) is 0. The molecule has 0 nitrogen and oxygen atoms in total. The van der Waals surface area contributed by atoms with Crippen LogP contribution < -0.4 is 0 Å². The highest BCUT2D eigenvalue weighted by molar-refractivity contribution is 9.10. The maximum Gasteiger partial charge on any atom is 0.0625 e. The summed E-state index contributed by atoms with van der Waals surface area (Å²) < 4.78 is 0.839. The number of benzene rings is 2. The molecule has 0 aliphatic rings. The van der Waals surface area contributed by atoms with E-state index in [0.717, 1.165) is 15.6 Å². The fourth-order valence-electron chi connectivity index (χ4n) is 1.70. The highest BCUT2D eigenvalue weighted by atomic mass is 79.9. The summed E-state index contributed by atoms with van der Waals surface area (Å²) >= 11 is 27.6. The molecule has 19 heavy (non-hydrogen) atoms. The number of halogens is 5. The van der Waals surface area contributed by atoms with Gasteiger partial charge in [-0.1, -0.05) is 46.9 Å². The summed E-state index contributed by atoms with van der Waals surface area (Å²) in [6.07, 6.45) is 0.673. The van der Waals surface area contributed by atoms with Gasteiger partial charge in [-0.3, -0.25) is 0 Å². The van der Waals surface area contributed by atoms with Crippen LogP contribution in [0.1, 0.15) is 16.5 Å². The Morgan fingerprint density at radius 1 is 0.895 bits per heavy atom. The first kappa shape index (κ1) is 15.5. The Kier molecular flexibility index (Phi) is 5.45. The SMILES string of the molecule is Clc1ccc(CC(Cl)c2ccc(Cl)c(Br)c2)cc1Cl. The highest BCUT2D eigenvalue weighted by Crippen LogP contribution is 2.32. The van der Waals surface area contributed by atoms with E-state index in [-0.39, 0.29) is 5.38 Å². The van der Waals surface area contributed by atoms with E-state index in [1.807, 2.05) is 30.3 Å². The molecule has 2 aromatic carbocycles. The Morgan fingerprint density at radius 2 is 1.58 bits per heavy atom. The van der Waals surface area contributed by atoms with Crippen molar-refractivity contribution in [2.45, 2.75) is 11.8 Å². The predicted octanol–water partition coefficient (Wildman–Crippen LogP) is 6.93. The average molecular weight is 399 g/mol. The summed E-state index contributed by atoms with van der Waals surface area (Å²) in [6, 6.07) is 11.2. The van der Waals surface area contributed by atoms with Crippen molar-refractivity contribution in [1.82, 2.24) is 0 Å². The zero-order valence-corrected chi connectivity index (χ0v) is 14.2. The van der Waals surface area contributed by atoms with Gasteiger partial charge < -0.3 is 0 Å². The first-order valence-corrected chi connectivity index (χ1v) is 7.86. The van der Waals surface area contributed by atoms with Gasteiger partial charge in [0.25, 0.3) is 0 Å². The fourth-order valence-corrected chi connectivity index (χ4v) is 2.85.